The van der Waals surface area contributed by atoms with Crippen LogP contribution in [0.5, 0.6) is 5.75 Å². The first-order chi connectivity index (χ1) is 16.9. The molecule has 0 bridgehead atoms. The van der Waals surface area contributed by atoms with Gasteiger partial charge in [0.25, 0.3) is 11.8 Å². The van der Waals surface area contributed by atoms with E-state index in [2.05, 4.69) is 27.8 Å². The number of hydrogen-bond donors (Lipinski definition) is 1. The Labute approximate surface area is 209 Å². The van der Waals surface area contributed by atoms with Gasteiger partial charge in [-0.25, -0.2) is 14.1 Å². The summed E-state index contributed by atoms with van der Waals surface area (Å²) in [7, 11) is 0. The standard InChI is InChI=1S/C27H20BrFN2O4/c1-2-6-19-13-18(15-23(28)24(19)35-16-17-7-4-3-5-8-17)14-22-25(32)30-27(34)31(26(22)33)21-11-9-20(29)10-12-21/h2-5,7-15H,1,6,16H2,(H,30,32,34)/b22-14+. The Kier molecular flexibility index (Phi) is 7.22. The summed E-state index contributed by atoms with van der Waals surface area (Å²) in [4.78, 5) is 38.7. The second-order valence-electron chi connectivity index (χ2n) is 7.69. The molecule has 1 saturated heterocycles. The molecule has 0 saturated carbocycles. The van der Waals surface area contributed by atoms with Gasteiger partial charge >= 0.3 is 6.03 Å². The van der Waals surface area contributed by atoms with Crippen LogP contribution in [0.1, 0.15) is 16.7 Å². The van der Waals surface area contributed by atoms with Gasteiger partial charge in [-0.3, -0.25) is 14.9 Å². The monoisotopic (exact) mass is 534 g/mol. The van der Waals surface area contributed by atoms with Gasteiger partial charge < -0.3 is 4.74 Å². The van der Waals surface area contributed by atoms with Crippen LogP contribution >= 0.6 is 15.9 Å². The van der Waals surface area contributed by atoms with Crippen molar-refractivity contribution in [3.63, 3.8) is 0 Å². The summed E-state index contributed by atoms with van der Waals surface area (Å²) in [5.41, 5.74) is 2.26. The highest BCUT2D eigenvalue weighted by Gasteiger charge is 2.36. The van der Waals surface area contributed by atoms with E-state index in [0.29, 0.717) is 28.8 Å². The fraction of sp³-hybridized carbons (Fsp3) is 0.0741. The molecule has 3 aromatic rings. The van der Waals surface area contributed by atoms with Crippen LogP contribution in [0, 0.1) is 5.82 Å². The molecule has 0 radical (unpaired) electrons. The van der Waals surface area contributed by atoms with E-state index in [1.165, 1.54) is 18.2 Å². The first-order valence-corrected chi connectivity index (χ1v) is 11.4. The molecule has 1 N–H and O–H groups in total. The number of ether oxygens (including phenoxy) is 1. The van der Waals surface area contributed by atoms with Crippen molar-refractivity contribution in [1.82, 2.24) is 5.32 Å². The first kappa shape index (κ1) is 24.1. The maximum Gasteiger partial charge on any atom is 0.335 e. The molecule has 0 atom stereocenters. The van der Waals surface area contributed by atoms with Gasteiger partial charge in [0.1, 0.15) is 23.7 Å². The number of allylic oxidation sites excluding steroid dienone is 1. The smallest absolute Gasteiger partial charge is 0.335 e. The second-order valence-corrected chi connectivity index (χ2v) is 8.55. The quantitative estimate of drug-likeness (QED) is 0.244. The molecular formula is C27H20BrFN2O4. The molecule has 1 aliphatic heterocycles. The zero-order valence-corrected chi connectivity index (χ0v) is 20.0. The van der Waals surface area contributed by atoms with E-state index < -0.39 is 23.7 Å². The number of amides is 4. The lowest BCUT2D eigenvalue weighted by molar-refractivity contribution is -0.122. The number of benzene rings is 3. The minimum atomic E-state index is -0.901. The van der Waals surface area contributed by atoms with Gasteiger partial charge in [-0.2, -0.15) is 0 Å². The van der Waals surface area contributed by atoms with Crippen molar-refractivity contribution in [3.8, 4) is 5.75 Å². The Morgan fingerprint density at radius 2 is 1.74 bits per heavy atom. The number of imide groups is 2. The van der Waals surface area contributed by atoms with E-state index in [1.54, 1.807) is 18.2 Å². The number of nitrogens with zero attached hydrogens (tertiary/aromatic N) is 1. The number of hydrogen-bond acceptors (Lipinski definition) is 4. The largest absolute Gasteiger partial charge is 0.487 e. The average molecular weight is 535 g/mol. The van der Waals surface area contributed by atoms with E-state index in [0.717, 1.165) is 28.2 Å². The van der Waals surface area contributed by atoms with Gasteiger partial charge in [-0.1, -0.05) is 36.4 Å². The summed E-state index contributed by atoms with van der Waals surface area (Å²) in [6, 6.07) is 17.2. The zero-order chi connectivity index (χ0) is 24.9. The molecule has 4 amide bonds. The fourth-order valence-corrected chi connectivity index (χ4v) is 4.24. The van der Waals surface area contributed by atoms with Crippen LogP contribution in [0.4, 0.5) is 14.9 Å². The predicted octanol–water partition coefficient (Wildman–Crippen LogP) is 5.56. The highest BCUT2D eigenvalue weighted by Crippen LogP contribution is 2.33. The van der Waals surface area contributed by atoms with Gasteiger partial charge in [-0.15, -0.1) is 6.58 Å². The van der Waals surface area contributed by atoms with Crippen LogP contribution in [0.15, 0.2) is 89.4 Å². The van der Waals surface area contributed by atoms with Crippen LogP contribution in [-0.2, 0) is 22.6 Å². The topological polar surface area (TPSA) is 75.7 Å². The lowest BCUT2D eigenvalue weighted by Crippen LogP contribution is -2.54. The number of halogens is 2. The normalized spacial score (nSPS) is 14.7. The molecule has 1 aliphatic rings. The molecule has 6 nitrogen and oxygen atoms in total. The Balaban J connectivity index is 1.67. The SMILES string of the molecule is C=CCc1cc(/C=C2\C(=O)NC(=O)N(c3ccc(F)cc3)C2=O)cc(Br)c1OCc1ccccc1. The molecule has 8 heteroatoms. The number of barbiturate groups is 1. The van der Waals surface area contributed by atoms with E-state index in [9.17, 15) is 18.8 Å². The van der Waals surface area contributed by atoms with Crippen molar-refractivity contribution in [2.24, 2.45) is 0 Å². The van der Waals surface area contributed by atoms with Crippen LogP contribution < -0.4 is 15.0 Å². The Bertz CT molecular complexity index is 1340. The summed E-state index contributed by atoms with van der Waals surface area (Å²) in [5.74, 6) is -1.52. The molecule has 35 heavy (non-hydrogen) atoms. The van der Waals surface area contributed by atoms with E-state index >= 15 is 0 Å². The summed E-state index contributed by atoms with van der Waals surface area (Å²) in [6.07, 6.45) is 3.61. The Morgan fingerprint density at radius 1 is 1.03 bits per heavy atom. The second kappa shape index (κ2) is 10.5. The van der Waals surface area contributed by atoms with Crippen LogP contribution in [0.2, 0.25) is 0 Å². The van der Waals surface area contributed by atoms with Gasteiger partial charge in [0.15, 0.2) is 0 Å². The third-order valence-corrected chi connectivity index (χ3v) is 5.82. The number of carbonyl (C=O) groups is 3. The maximum absolute atomic E-state index is 13.3. The summed E-state index contributed by atoms with van der Waals surface area (Å²) < 4.78 is 20.0. The van der Waals surface area contributed by atoms with E-state index in [-0.39, 0.29) is 11.3 Å². The van der Waals surface area contributed by atoms with Crippen LogP contribution in [0.25, 0.3) is 6.08 Å². The summed E-state index contributed by atoms with van der Waals surface area (Å²) in [5, 5.41) is 2.16. The molecule has 0 aliphatic carbocycles. The maximum atomic E-state index is 13.3. The van der Waals surface area contributed by atoms with E-state index in [1.807, 2.05) is 30.3 Å². The molecule has 3 aromatic carbocycles. The molecule has 0 spiro atoms. The van der Waals surface area contributed by atoms with Crippen molar-refractivity contribution in [3.05, 3.63) is 112 Å². The number of carbonyl (C=O) groups excluding carboxylic acids is 3. The van der Waals surface area contributed by atoms with Crippen molar-refractivity contribution in [2.75, 3.05) is 4.90 Å². The minimum absolute atomic E-state index is 0.144. The van der Waals surface area contributed by atoms with Gasteiger partial charge in [0, 0.05) is 0 Å². The van der Waals surface area contributed by atoms with E-state index in [4.69, 9.17) is 4.74 Å². The van der Waals surface area contributed by atoms with Crippen LogP contribution in [0.3, 0.4) is 0 Å². The molecule has 0 aromatic heterocycles. The highest BCUT2D eigenvalue weighted by atomic mass is 79.9. The molecule has 1 heterocycles. The molecule has 176 valence electrons. The first-order valence-electron chi connectivity index (χ1n) is 10.6. The van der Waals surface area contributed by atoms with Gasteiger partial charge in [0.05, 0.1) is 10.2 Å². The third-order valence-electron chi connectivity index (χ3n) is 5.23. The Morgan fingerprint density at radius 3 is 2.43 bits per heavy atom. The number of nitrogens with one attached hydrogen (secondary N) is 1. The molecule has 4 rings (SSSR count). The van der Waals surface area contributed by atoms with Gasteiger partial charge in [-0.05, 0) is 81.5 Å². The lowest BCUT2D eigenvalue weighted by Gasteiger charge is -2.26. The van der Waals surface area contributed by atoms with Crippen molar-refractivity contribution >= 4 is 45.5 Å². The van der Waals surface area contributed by atoms with Crippen molar-refractivity contribution in [2.45, 2.75) is 13.0 Å². The fourth-order valence-electron chi connectivity index (χ4n) is 3.60. The lowest BCUT2D eigenvalue weighted by atomic mass is 10.0. The highest BCUT2D eigenvalue weighted by molar-refractivity contribution is 9.10. The Hall–Kier alpha value is -4.04. The third kappa shape index (κ3) is 5.38. The number of urea groups is 1. The summed E-state index contributed by atoms with van der Waals surface area (Å²) >= 11 is 3.53. The number of anilines is 1. The van der Waals surface area contributed by atoms with Crippen molar-refractivity contribution < 1.29 is 23.5 Å². The average Bonchev–Trinajstić information content (AvgIpc) is 2.83. The van der Waals surface area contributed by atoms with Crippen LogP contribution in [-0.4, -0.2) is 17.8 Å². The number of rotatable bonds is 7. The van der Waals surface area contributed by atoms with Gasteiger partial charge in [0.2, 0.25) is 0 Å². The van der Waals surface area contributed by atoms with Crippen molar-refractivity contribution in [1.29, 1.82) is 0 Å². The predicted molar refractivity (Wildman–Crippen MR) is 134 cm³/mol. The minimum Gasteiger partial charge on any atom is -0.487 e. The molecule has 1 fully saturated rings. The molecular weight excluding hydrogens is 515 g/mol. The zero-order valence-electron chi connectivity index (χ0n) is 18.5. The molecule has 0 unspecified atom stereocenters. The summed E-state index contributed by atoms with van der Waals surface area (Å²) in [6.45, 7) is 4.16.